The summed E-state index contributed by atoms with van der Waals surface area (Å²) in [5.74, 6) is 0.0213. The van der Waals surface area contributed by atoms with Gasteiger partial charge in [0.15, 0.2) is 0 Å². The van der Waals surface area contributed by atoms with Crippen molar-refractivity contribution in [1.82, 2.24) is 0 Å². The van der Waals surface area contributed by atoms with Gasteiger partial charge in [-0.2, -0.15) is 0 Å². The fourth-order valence-corrected chi connectivity index (χ4v) is 10.6. The second kappa shape index (κ2) is 7.12. The van der Waals surface area contributed by atoms with Crippen LogP contribution in [-0.4, -0.2) is 33.5 Å². The highest BCUT2D eigenvalue weighted by molar-refractivity contribution is 5.77. The molecule has 4 fully saturated rings. The Morgan fingerprint density at radius 3 is 2.15 bits per heavy atom. The molecule has 0 bridgehead atoms. The molecule has 192 valence electrons. The molecule has 0 unspecified atom stereocenters. The first-order chi connectivity index (χ1) is 15.6. The molecular weight excluding hydrogens is 424 g/mol. The molecule has 0 aromatic heterocycles. The highest BCUT2D eigenvalue weighted by atomic mass is 16.4. The lowest BCUT2D eigenvalue weighted by Gasteiger charge is -2.71. The molecule has 9 atom stereocenters. The maximum absolute atomic E-state index is 12.8. The Hall–Kier alpha value is -0.870. The molecule has 3 N–H and O–H groups in total. The van der Waals surface area contributed by atoms with Crippen LogP contribution in [0.4, 0.5) is 0 Å². The highest BCUT2D eigenvalue weighted by Gasteiger charge is 2.70. The average Bonchev–Trinajstić information content (AvgIpc) is 2.74. The first-order valence-corrected chi connectivity index (χ1v) is 13.9. The number of carboxylic acids is 1. The molecule has 0 aromatic carbocycles. The van der Waals surface area contributed by atoms with E-state index < -0.39 is 17.5 Å². The third-order valence-corrected chi connectivity index (χ3v) is 13.3. The van der Waals surface area contributed by atoms with E-state index in [-0.39, 0.29) is 39.1 Å². The SMILES string of the molecule is CC1(C)CC[C@]2(C(=O)O)CC[C@]3(C)C(=CC[C@@H]4[C@@]5(C)CC[C@H](O)C(C)(C)[C@@H]5CC[C@]43C)[C@@H]2[C@H]1O. The number of hydrogen-bond donors (Lipinski definition) is 3. The van der Waals surface area contributed by atoms with Crippen molar-refractivity contribution in [3.8, 4) is 0 Å². The number of carboxylic acid groups (broad SMARTS) is 1. The lowest BCUT2D eigenvalue weighted by atomic mass is 9.33. The fourth-order valence-electron chi connectivity index (χ4n) is 10.6. The number of aliphatic carboxylic acids is 1. The van der Waals surface area contributed by atoms with E-state index in [4.69, 9.17) is 0 Å². The van der Waals surface area contributed by atoms with Gasteiger partial charge in [0.1, 0.15) is 0 Å². The van der Waals surface area contributed by atoms with Gasteiger partial charge in [0.2, 0.25) is 0 Å². The molecular formula is C30H48O4. The normalized spacial score (nSPS) is 53.4. The highest BCUT2D eigenvalue weighted by Crippen LogP contribution is 2.75. The fraction of sp³-hybridized carbons (Fsp3) is 0.900. The summed E-state index contributed by atoms with van der Waals surface area (Å²) in [6.45, 7) is 16.2. The van der Waals surface area contributed by atoms with E-state index >= 15 is 0 Å². The van der Waals surface area contributed by atoms with Gasteiger partial charge in [-0.15, -0.1) is 0 Å². The van der Waals surface area contributed by atoms with Crippen molar-refractivity contribution < 1.29 is 20.1 Å². The second-order valence-electron chi connectivity index (χ2n) is 15.0. The molecule has 0 radical (unpaired) electrons. The number of carbonyl (C=O) groups is 1. The van der Waals surface area contributed by atoms with Crippen LogP contribution in [0.5, 0.6) is 0 Å². The Morgan fingerprint density at radius 2 is 1.50 bits per heavy atom. The van der Waals surface area contributed by atoms with Gasteiger partial charge in [0, 0.05) is 5.92 Å². The molecule has 4 saturated carbocycles. The molecule has 0 amide bonds. The van der Waals surface area contributed by atoms with Crippen LogP contribution in [0.3, 0.4) is 0 Å². The van der Waals surface area contributed by atoms with Crippen molar-refractivity contribution in [2.24, 2.45) is 50.2 Å². The van der Waals surface area contributed by atoms with Crippen LogP contribution < -0.4 is 0 Å². The van der Waals surface area contributed by atoms with Crippen molar-refractivity contribution >= 4 is 5.97 Å². The van der Waals surface area contributed by atoms with Gasteiger partial charge in [0.05, 0.1) is 17.6 Å². The Balaban J connectivity index is 1.62. The van der Waals surface area contributed by atoms with E-state index in [1.54, 1.807) is 0 Å². The van der Waals surface area contributed by atoms with Crippen LogP contribution in [0.1, 0.15) is 106 Å². The maximum atomic E-state index is 12.8. The topological polar surface area (TPSA) is 77.8 Å². The number of rotatable bonds is 1. The van der Waals surface area contributed by atoms with E-state index in [2.05, 4.69) is 54.5 Å². The van der Waals surface area contributed by atoms with Crippen molar-refractivity contribution in [2.45, 2.75) is 118 Å². The monoisotopic (exact) mass is 472 g/mol. The summed E-state index contributed by atoms with van der Waals surface area (Å²) in [6.07, 6.45) is 9.70. The molecule has 5 rings (SSSR count). The van der Waals surface area contributed by atoms with Crippen LogP contribution >= 0.6 is 0 Å². The van der Waals surface area contributed by atoms with E-state index in [1.807, 2.05) is 0 Å². The van der Waals surface area contributed by atoms with E-state index in [1.165, 1.54) is 5.57 Å². The van der Waals surface area contributed by atoms with Crippen LogP contribution in [0, 0.1) is 50.2 Å². The average molecular weight is 473 g/mol. The molecule has 34 heavy (non-hydrogen) atoms. The van der Waals surface area contributed by atoms with Crippen LogP contribution in [0.15, 0.2) is 11.6 Å². The summed E-state index contributed by atoms with van der Waals surface area (Å²) >= 11 is 0. The van der Waals surface area contributed by atoms with Crippen molar-refractivity contribution in [3.05, 3.63) is 11.6 Å². The van der Waals surface area contributed by atoms with Crippen LogP contribution in [0.25, 0.3) is 0 Å². The summed E-state index contributed by atoms with van der Waals surface area (Å²) in [4.78, 5) is 12.8. The number of fused-ring (bicyclic) bond motifs is 7. The Bertz CT molecular complexity index is 919. The third kappa shape index (κ3) is 2.76. The maximum Gasteiger partial charge on any atom is 0.310 e. The molecule has 5 aliphatic carbocycles. The van der Waals surface area contributed by atoms with Crippen molar-refractivity contribution in [2.75, 3.05) is 0 Å². The Kier molecular flexibility index (Phi) is 5.20. The molecule has 0 heterocycles. The lowest BCUT2D eigenvalue weighted by Crippen LogP contribution is -2.66. The molecule has 0 aliphatic heterocycles. The molecule has 4 nitrogen and oxygen atoms in total. The standard InChI is InChI=1S/C30H48O4/c1-25(2)14-16-30(24(33)34)17-15-28(6)18(22(30)23(25)32)8-9-20-27(5)12-11-21(31)26(3,4)19(27)10-13-29(20,28)7/h8,19-23,31-32H,9-17H2,1-7H3,(H,33,34)/t19-,20+,21-,22+,23+,27-,28+,29+,30-/m0/s1. The van der Waals surface area contributed by atoms with Gasteiger partial charge in [-0.3, -0.25) is 4.79 Å². The van der Waals surface area contributed by atoms with Crippen LogP contribution in [0.2, 0.25) is 0 Å². The largest absolute Gasteiger partial charge is 0.481 e. The van der Waals surface area contributed by atoms with E-state index in [0.29, 0.717) is 24.7 Å². The van der Waals surface area contributed by atoms with Gasteiger partial charge >= 0.3 is 5.97 Å². The minimum absolute atomic E-state index is 0.0756. The number of allylic oxidation sites excluding steroid dienone is 1. The van der Waals surface area contributed by atoms with Gasteiger partial charge in [-0.05, 0) is 96.7 Å². The van der Waals surface area contributed by atoms with Crippen molar-refractivity contribution in [1.29, 1.82) is 0 Å². The van der Waals surface area contributed by atoms with Crippen LogP contribution in [-0.2, 0) is 4.79 Å². The first-order valence-electron chi connectivity index (χ1n) is 13.9. The molecule has 0 spiro atoms. The quantitative estimate of drug-likeness (QED) is 0.397. The zero-order valence-corrected chi connectivity index (χ0v) is 22.6. The van der Waals surface area contributed by atoms with E-state index in [0.717, 1.165) is 44.9 Å². The molecule has 0 saturated heterocycles. The van der Waals surface area contributed by atoms with Gasteiger partial charge in [0.25, 0.3) is 0 Å². The lowest BCUT2D eigenvalue weighted by molar-refractivity contribution is -0.212. The summed E-state index contributed by atoms with van der Waals surface area (Å²) in [5.41, 5.74) is 0.238. The summed E-state index contributed by atoms with van der Waals surface area (Å²) in [7, 11) is 0. The minimum Gasteiger partial charge on any atom is -0.481 e. The zero-order chi connectivity index (χ0) is 25.1. The predicted octanol–water partition coefficient (Wildman–Crippen LogP) is 6.20. The first kappa shape index (κ1) is 24.8. The Labute approximate surface area is 206 Å². The molecule has 5 aliphatic rings. The summed E-state index contributed by atoms with van der Waals surface area (Å²) < 4.78 is 0. The van der Waals surface area contributed by atoms with E-state index in [9.17, 15) is 20.1 Å². The van der Waals surface area contributed by atoms with Gasteiger partial charge in [-0.1, -0.05) is 60.1 Å². The summed E-state index contributed by atoms with van der Waals surface area (Å²) in [5, 5.41) is 33.1. The van der Waals surface area contributed by atoms with Gasteiger partial charge in [-0.25, -0.2) is 0 Å². The van der Waals surface area contributed by atoms with Gasteiger partial charge < -0.3 is 15.3 Å². The molecule has 0 aromatic rings. The minimum atomic E-state index is -0.832. The summed E-state index contributed by atoms with van der Waals surface area (Å²) in [6, 6.07) is 0. The van der Waals surface area contributed by atoms with Crippen molar-refractivity contribution in [3.63, 3.8) is 0 Å². The number of hydrogen-bond acceptors (Lipinski definition) is 3. The molecule has 4 heteroatoms. The predicted molar refractivity (Wildman–Crippen MR) is 134 cm³/mol. The smallest absolute Gasteiger partial charge is 0.310 e. The number of aliphatic hydroxyl groups is 2. The third-order valence-electron chi connectivity index (χ3n) is 13.3. The second-order valence-corrected chi connectivity index (χ2v) is 15.0. The Morgan fingerprint density at radius 1 is 0.853 bits per heavy atom. The number of aliphatic hydroxyl groups excluding tert-OH is 2. The zero-order valence-electron chi connectivity index (χ0n) is 22.6.